The number of nitrogens with two attached hydrogens (primary N) is 1. The molecule has 0 saturated heterocycles. The highest BCUT2D eigenvalue weighted by atomic mass is 16.4. The topological polar surface area (TPSA) is 75.4 Å². The molecule has 4 heteroatoms. The lowest BCUT2D eigenvalue weighted by molar-refractivity contribution is -0.136. The molecule has 0 amide bonds. The van der Waals surface area contributed by atoms with Crippen LogP contribution in [0.1, 0.15) is 11.1 Å². The van der Waals surface area contributed by atoms with Gasteiger partial charge in [-0.05, 0) is 23.3 Å². The lowest BCUT2D eigenvalue weighted by Crippen LogP contribution is -2.05. The van der Waals surface area contributed by atoms with Crippen molar-refractivity contribution in [2.45, 2.75) is 13.0 Å². The Balaban J connectivity index is 2.03. The first kappa shape index (κ1) is 13.0. The molecular weight excluding hydrogens is 240 g/mol. The number of rotatable bonds is 5. The maximum Gasteiger partial charge on any atom is 0.307 e. The Morgan fingerprint density at radius 2 is 1.84 bits per heavy atom. The Morgan fingerprint density at radius 1 is 1.11 bits per heavy atom. The smallest absolute Gasteiger partial charge is 0.307 e. The fourth-order valence-corrected chi connectivity index (χ4v) is 1.85. The van der Waals surface area contributed by atoms with Crippen LogP contribution in [0, 0.1) is 0 Å². The number of nitrogen functional groups attached to an aromatic ring is 1. The van der Waals surface area contributed by atoms with Gasteiger partial charge >= 0.3 is 5.97 Å². The molecule has 0 atom stereocenters. The molecule has 0 saturated carbocycles. The molecule has 0 aliphatic carbocycles. The van der Waals surface area contributed by atoms with E-state index < -0.39 is 5.97 Å². The van der Waals surface area contributed by atoms with Crippen LogP contribution < -0.4 is 11.1 Å². The molecule has 0 unspecified atom stereocenters. The Bertz CT molecular complexity index is 568. The first-order chi connectivity index (χ1) is 9.15. The summed E-state index contributed by atoms with van der Waals surface area (Å²) in [5, 5.41) is 12.0. The Labute approximate surface area is 111 Å². The summed E-state index contributed by atoms with van der Waals surface area (Å²) >= 11 is 0. The van der Waals surface area contributed by atoms with Gasteiger partial charge in [-0.2, -0.15) is 0 Å². The molecule has 98 valence electrons. The molecule has 2 aromatic carbocycles. The summed E-state index contributed by atoms with van der Waals surface area (Å²) in [7, 11) is 0. The molecule has 0 aromatic heterocycles. The van der Waals surface area contributed by atoms with Gasteiger partial charge in [-0.15, -0.1) is 0 Å². The first-order valence-corrected chi connectivity index (χ1v) is 6.03. The summed E-state index contributed by atoms with van der Waals surface area (Å²) in [5.41, 5.74) is 9.16. The summed E-state index contributed by atoms with van der Waals surface area (Å²) in [5.74, 6) is -0.857. The number of aliphatic carboxylic acids is 1. The Morgan fingerprint density at radius 3 is 2.47 bits per heavy atom. The lowest BCUT2D eigenvalue weighted by Gasteiger charge is -2.10. The van der Waals surface area contributed by atoms with Gasteiger partial charge in [0.2, 0.25) is 0 Å². The van der Waals surface area contributed by atoms with Gasteiger partial charge in [0.1, 0.15) is 0 Å². The molecule has 0 bridgehead atoms. The van der Waals surface area contributed by atoms with Gasteiger partial charge in [-0.1, -0.05) is 36.4 Å². The minimum absolute atomic E-state index is 0.0107. The molecule has 19 heavy (non-hydrogen) atoms. The lowest BCUT2D eigenvalue weighted by atomic mass is 10.1. The second-order valence-corrected chi connectivity index (χ2v) is 4.33. The third kappa shape index (κ3) is 3.74. The van der Waals surface area contributed by atoms with Crippen LogP contribution in [0.15, 0.2) is 48.5 Å². The maximum absolute atomic E-state index is 10.6. The van der Waals surface area contributed by atoms with Gasteiger partial charge in [0, 0.05) is 6.54 Å². The van der Waals surface area contributed by atoms with Crippen LogP contribution in [0.3, 0.4) is 0 Å². The maximum atomic E-state index is 10.6. The van der Waals surface area contributed by atoms with Crippen LogP contribution in [-0.4, -0.2) is 11.1 Å². The van der Waals surface area contributed by atoms with Gasteiger partial charge in [0.25, 0.3) is 0 Å². The Kier molecular flexibility index (Phi) is 4.03. The number of carboxylic acids is 1. The van der Waals surface area contributed by atoms with E-state index in [1.54, 1.807) is 12.1 Å². The fourth-order valence-electron chi connectivity index (χ4n) is 1.85. The molecule has 0 fully saturated rings. The van der Waals surface area contributed by atoms with Gasteiger partial charge in [-0.25, -0.2) is 0 Å². The highest BCUT2D eigenvalue weighted by Gasteiger charge is 2.04. The quantitative estimate of drug-likeness (QED) is 0.718. The molecule has 0 aliphatic rings. The summed E-state index contributed by atoms with van der Waals surface area (Å²) in [4.78, 5) is 10.6. The number of carboxylic acid groups (broad SMARTS) is 1. The fraction of sp³-hybridized carbons (Fsp3) is 0.133. The monoisotopic (exact) mass is 256 g/mol. The van der Waals surface area contributed by atoms with E-state index in [1.165, 1.54) is 0 Å². The van der Waals surface area contributed by atoms with Crippen LogP contribution in [0.5, 0.6) is 0 Å². The first-order valence-electron chi connectivity index (χ1n) is 6.03. The van der Waals surface area contributed by atoms with Crippen molar-refractivity contribution in [1.82, 2.24) is 0 Å². The van der Waals surface area contributed by atoms with E-state index in [4.69, 9.17) is 10.8 Å². The van der Waals surface area contributed by atoms with E-state index in [2.05, 4.69) is 5.32 Å². The minimum Gasteiger partial charge on any atom is -0.481 e. The zero-order valence-electron chi connectivity index (χ0n) is 10.5. The Hall–Kier alpha value is -2.49. The molecule has 0 radical (unpaired) electrons. The van der Waals surface area contributed by atoms with E-state index in [0.29, 0.717) is 17.8 Å². The number of nitrogens with one attached hydrogen (secondary N) is 1. The average Bonchev–Trinajstić information content (AvgIpc) is 2.38. The number of hydrogen-bond donors (Lipinski definition) is 3. The largest absolute Gasteiger partial charge is 0.481 e. The van der Waals surface area contributed by atoms with Gasteiger partial charge in [-0.3, -0.25) is 4.79 Å². The third-order valence-electron chi connectivity index (χ3n) is 2.80. The highest BCUT2D eigenvalue weighted by molar-refractivity contribution is 5.73. The summed E-state index contributed by atoms with van der Waals surface area (Å²) < 4.78 is 0. The van der Waals surface area contributed by atoms with E-state index in [-0.39, 0.29) is 6.42 Å². The molecule has 2 rings (SSSR count). The van der Waals surface area contributed by atoms with Gasteiger partial charge in [0.15, 0.2) is 0 Å². The molecule has 4 N–H and O–H groups in total. The number of anilines is 2. The predicted octanol–water partition coefficient (Wildman–Crippen LogP) is 2.51. The molecule has 0 spiro atoms. The van der Waals surface area contributed by atoms with E-state index in [1.807, 2.05) is 36.4 Å². The average molecular weight is 256 g/mol. The van der Waals surface area contributed by atoms with E-state index in [0.717, 1.165) is 11.3 Å². The second-order valence-electron chi connectivity index (χ2n) is 4.33. The molecule has 0 heterocycles. The zero-order valence-corrected chi connectivity index (χ0v) is 10.5. The second kappa shape index (κ2) is 5.91. The van der Waals surface area contributed by atoms with Crippen LogP contribution >= 0.6 is 0 Å². The molecular formula is C15H16N2O2. The van der Waals surface area contributed by atoms with Crippen LogP contribution in [0.2, 0.25) is 0 Å². The SMILES string of the molecule is Nc1cc(CC(=O)O)ccc1NCc1ccccc1. The molecule has 4 nitrogen and oxygen atoms in total. The standard InChI is InChI=1S/C15H16N2O2/c16-13-8-12(9-15(18)19)6-7-14(13)17-10-11-4-2-1-3-5-11/h1-8,17H,9-10,16H2,(H,18,19). The van der Waals surface area contributed by atoms with Crippen molar-refractivity contribution in [1.29, 1.82) is 0 Å². The normalized spacial score (nSPS) is 10.1. The van der Waals surface area contributed by atoms with E-state index >= 15 is 0 Å². The van der Waals surface area contributed by atoms with Crippen LogP contribution in [-0.2, 0) is 17.8 Å². The number of carbonyl (C=O) groups is 1. The summed E-state index contributed by atoms with van der Waals surface area (Å²) in [6.07, 6.45) is -0.0107. The zero-order chi connectivity index (χ0) is 13.7. The molecule has 0 aliphatic heterocycles. The molecule has 2 aromatic rings. The van der Waals surface area contributed by atoms with Crippen molar-refractivity contribution >= 4 is 17.3 Å². The number of benzene rings is 2. The summed E-state index contributed by atoms with van der Waals surface area (Å²) in [6.45, 7) is 0.684. The highest BCUT2D eigenvalue weighted by Crippen LogP contribution is 2.21. The van der Waals surface area contributed by atoms with Crippen molar-refractivity contribution in [3.63, 3.8) is 0 Å². The number of hydrogen-bond acceptors (Lipinski definition) is 3. The minimum atomic E-state index is -0.857. The van der Waals surface area contributed by atoms with Crippen molar-refractivity contribution in [2.24, 2.45) is 0 Å². The van der Waals surface area contributed by atoms with Crippen molar-refractivity contribution in [3.05, 3.63) is 59.7 Å². The third-order valence-corrected chi connectivity index (χ3v) is 2.80. The van der Waals surface area contributed by atoms with Gasteiger partial charge in [0.05, 0.1) is 17.8 Å². The van der Waals surface area contributed by atoms with Crippen LogP contribution in [0.4, 0.5) is 11.4 Å². The van der Waals surface area contributed by atoms with Gasteiger partial charge < -0.3 is 16.2 Å². The van der Waals surface area contributed by atoms with E-state index in [9.17, 15) is 4.79 Å². The summed E-state index contributed by atoms with van der Waals surface area (Å²) in [6, 6.07) is 15.3. The van der Waals surface area contributed by atoms with Crippen molar-refractivity contribution < 1.29 is 9.90 Å². The van der Waals surface area contributed by atoms with Crippen LogP contribution in [0.25, 0.3) is 0 Å². The van der Waals surface area contributed by atoms with Crippen molar-refractivity contribution in [2.75, 3.05) is 11.1 Å². The van der Waals surface area contributed by atoms with Crippen molar-refractivity contribution in [3.8, 4) is 0 Å². The predicted molar refractivity (Wildman–Crippen MR) is 76.0 cm³/mol.